The smallest absolute Gasteiger partial charge is 0.0226 e. The summed E-state index contributed by atoms with van der Waals surface area (Å²) in [6, 6.07) is 8.39. The molecule has 3 heteroatoms. The van der Waals surface area contributed by atoms with E-state index in [2.05, 4.69) is 56.9 Å². The second kappa shape index (κ2) is 8.38. The second-order valence-electron chi connectivity index (χ2n) is 6.23. The Kier molecular flexibility index (Phi) is 7.17. The zero-order valence-electron chi connectivity index (χ0n) is 13.0. The molecule has 112 valence electrons. The molecule has 0 aromatic heterocycles. The maximum absolute atomic E-state index is 5.43. The van der Waals surface area contributed by atoms with Crippen LogP contribution in [0, 0.1) is 0 Å². The molecule has 0 saturated carbocycles. The summed E-state index contributed by atoms with van der Waals surface area (Å²) in [5.41, 5.74) is 2.81. The van der Waals surface area contributed by atoms with Gasteiger partial charge in [0, 0.05) is 17.1 Å². The fraction of sp³-hybridized carbons (Fsp3) is 0.529. The summed E-state index contributed by atoms with van der Waals surface area (Å²) < 4.78 is 0. The van der Waals surface area contributed by atoms with Crippen molar-refractivity contribution in [1.29, 1.82) is 0 Å². The van der Waals surface area contributed by atoms with E-state index in [0.29, 0.717) is 0 Å². The number of nitrogens with one attached hydrogen (secondary N) is 1. The lowest BCUT2D eigenvalue weighted by molar-refractivity contribution is 0.590. The number of nitrogens with two attached hydrogens (primary N) is 1. The van der Waals surface area contributed by atoms with Gasteiger partial charge >= 0.3 is 0 Å². The highest BCUT2D eigenvalue weighted by atomic mass is 32.2. The van der Waals surface area contributed by atoms with Crippen molar-refractivity contribution in [2.24, 2.45) is 5.14 Å². The molecule has 1 heterocycles. The molecule has 0 unspecified atom stereocenters. The fourth-order valence-corrected chi connectivity index (χ4v) is 2.32. The van der Waals surface area contributed by atoms with Gasteiger partial charge in [0.05, 0.1) is 0 Å². The topological polar surface area (TPSA) is 38.0 Å². The van der Waals surface area contributed by atoms with Crippen LogP contribution in [0.3, 0.4) is 0 Å². The highest BCUT2D eigenvalue weighted by Gasteiger charge is 2.12. The summed E-state index contributed by atoms with van der Waals surface area (Å²) in [6.07, 6.45) is 5.19. The quantitative estimate of drug-likeness (QED) is 0.742. The number of allylic oxidation sites excluding steroid dienone is 1. The van der Waals surface area contributed by atoms with Crippen LogP contribution < -0.4 is 10.5 Å². The van der Waals surface area contributed by atoms with Crippen LogP contribution in [0.1, 0.15) is 52.0 Å². The van der Waals surface area contributed by atoms with E-state index in [1.807, 2.05) is 0 Å². The summed E-state index contributed by atoms with van der Waals surface area (Å²) in [7, 11) is 0. The number of rotatable bonds is 1. The maximum Gasteiger partial charge on any atom is 0.0226 e. The standard InChI is InChI=1S/C10H15NS.C7H13N/c1-10(2,3)8-4-6-9(12-11)7-5-8;1-7-5-3-2-4-6-8-7/h4-7H,11H2,1-3H3;8H,1-6H2. The van der Waals surface area contributed by atoms with Gasteiger partial charge < -0.3 is 5.32 Å². The largest absolute Gasteiger partial charge is 0.389 e. The van der Waals surface area contributed by atoms with Gasteiger partial charge in [-0.1, -0.05) is 45.9 Å². The van der Waals surface area contributed by atoms with E-state index in [1.54, 1.807) is 0 Å². The van der Waals surface area contributed by atoms with Crippen LogP contribution >= 0.6 is 11.9 Å². The lowest BCUT2D eigenvalue weighted by atomic mass is 9.87. The third-order valence-corrected chi connectivity index (χ3v) is 3.93. The van der Waals surface area contributed by atoms with Gasteiger partial charge in [0.2, 0.25) is 0 Å². The predicted molar refractivity (Wildman–Crippen MR) is 90.8 cm³/mol. The van der Waals surface area contributed by atoms with Crippen molar-refractivity contribution in [3.63, 3.8) is 0 Å². The minimum Gasteiger partial charge on any atom is -0.389 e. The molecule has 20 heavy (non-hydrogen) atoms. The van der Waals surface area contributed by atoms with Gasteiger partial charge in [-0.2, -0.15) is 0 Å². The molecule has 3 N–H and O–H groups in total. The first kappa shape index (κ1) is 17.1. The lowest BCUT2D eigenvalue weighted by Crippen LogP contribution is -2.10. The Morgan fingerprint density at radius 3 is 2.30 bits per heavy atom. The molecule has 0 spiro atoms. The monoisotopic (exact) mass is 292 g/mol. The minimum atomic E-state index is 0.234. The van der Waals surface area contributed by atoms with Crippen LogP contribution in [-0.4, -0.2) is 6.54 Å². The fourth-order valence-electron chi connectivity index (χ4n) is 2.03. The molecular weight excluding hydrogens is 264 g/mol. The molecule has 0 aliphatic carbocycles. The van der Waals surface area contributed by atoms with Gasteiger partial charge in [-0.25, -0.2) is 0 Å². The van der Waals surface area contributed by atoms with Gasteiger partial charge in [-0.3, -0.25) is 5.14 Å². The molecule has 1 aliphatic rings. The first-order chi connectivity index (χ1) is 9.43. The third kappa shape index (κ3) is 6.49. The SMILES string of the molecule is C=C1CCCCCN1.CC(C)(C)c1ccc(SN)cc1. The van der Waals surface area contributed by atoms with Crippen LogP contribution in [-0.2, 0) is 5.41 Å². The van der Waals surface area contributed by atoms with Crippen molar-refractivity contribution in [1.82, 2.24) is 5.32 Å². The second-order valence-corrected chi connectivity index (χ2v) is 6.94. The van der Waals surface area contributed by atoms with Crippen LogP contribution in [0.15, 0.2) is 41.4 Å². The van der Waals surface area contributed by atoms with E-state index in [0.717, 1.165) is 11.4 Å². The zero-order chi connectivity index (χ0) is 15.0. The summed E-state index contributed by atoms with van der Waals surface area (Å²) in [6.45, 7) is 11.6. The van der Waals surface area contributed by atoms with Crippen LogP contribution in [0.5, 0.6) is 0 Å². The first-order valence-corrected chi connectivity index (χ1v) is 8.20. The molecule has 0 radical (unpaired) electrons. The average Bonchev–Trinajstić information content (AvgIpc) is 2.66. The molecule has 2 rings (SSSR count). The van der Waals surface area contributed by atoms with Crippen molar-refractivity contribution in [2.45, 2.75) is 56.8 Å². The highest BCUT2D eigenvalue weighted by molar-refractivity contribution is 7.97. The molecule has 0 amide bonds. The number of benzene rings is 1. The minimum absolute atomic E-state index is 0.234. The molecular formula is C17H28N2S. The summed E-state index contributed by atoms with van der Waals surface area (Å²) >= 11 is 1.29. The summed E-state index contributed by atoms with van der Waals surface area (Å²) in [5, 5.41) is 8.68. The molecule has 1 saturated heterocycles. The van der Waals surface area contributed by atoms with Crippen molar-refractivity contribution in [3.05, 3.63) is 42.1 Å². The van der Waals surface area contributed by atoms with E-state index < -0.39 is 0 Å². The van der Waals surface area contributed by atoms with Gasteiger partial charge in [0.15, 0.2) is 0 Å². The molecule has 0 atom stereocenters. The van der Waals surface area contributed by atoms with Gasteiger partial charge in [0.1, 0.15) is 0 Å². The number of hydrogen-bond donors (Lipinski definition) is 2. The van der Waals surface area contributed by atoms with E-state index in [-0.39, 0.29) is 5.41 Å². The van der Waals surface area contributed by atoms with Crippen molar-refractivity contribution >= 4 is 11.9 Å². The van der Waals surface area contributed by atoms with Crippen LogP contribution in [0.4, 0.5) is 0 Å². The van der Waals surface area contributed by atoms with Gasteiger partial charge in [-0.15, -0.1) is 0 Å². The Balaban J connectivity index is 0.000000217. The molecule has 1 aromatic carbocycles. The Hall–Kier alpha value is -0.930. The van der Waals surface area contributed by atoms with Crippen molar-refractivity contribution in [3.8, 4) is 0 Å². The first-order valence-electron chi connectivity index (χ1n) is 7.32. The summed E-state index contributed by atoms with van der Waals surface area (Å²) in [5.74, 6) is 0. The Morgan fingerprint density at radius 1 is 1.10 bits per heavy atom. The van der Waals surface area contributed by atoms with Crippen molar-refractivity contribution in [2.75, 3.05) is 6.54 Å². The Bertz CT molecular complexity index is 394. The Labute approximate surface area is 128 Å². The highest BCUT2D eigenvalue weighted by Crippen LogP contribution is 2.23. The summed E-state index contributed by atoms with van der Waals surface area (Å²) in [4.78, 5) is 1.11. The normalized spacial score (nSPS) is 15.7. The number of hydrogen-bond acceptors (Lipinski definition) is 3. The molecule has 0 bridgehead atoms. The molecule has 1 fully saturated rings. The zero-order valence-corrected chi connectivity index (χ0v) is 13.9. The Morgan fingerprint density at radius 2 is 1.75 bits per heavy atom. The van der Waals surface area contributed by atoms with E-state index in [4.69, 9.17) is 5.14 Å². The molecule has 2 nitrogen and oxygen atoms in total. The van der Waals surface area contributed by atoms with E-state index in [9.17, 15) is 0 Å². The van der Waals surface area contributed by atoms with Gasteiger partial charge in [-0.05, 0) is 54.3 Å². The lowest BCUT2D eigenvalue weighted by Gasteiger charge is -2.18. The van der Waals surface area contributed by atoms with Crippen LogP contribution in [0.2, 0.25) is 0 Å². The third-order valence-electron chi connectivity index (χ3n) is 3.39. The van der Waals surface area contributed by atoms with E-state index in [1.165, 1.54) is 48.9 Å². The van der Waals surface area contributed by atoms with E-state index >= 15 is 0 Å². The average molecular weight is 292 g/mol. The predicted octanol–water partition coefficient (Wildman–Crippen LogP) is 4.61. The van der Waals surface area contributed by atoms with Crippen LogP contribution in [0.25, 0.3) is 0 Å². The molecule has 1 aromatic rings. The van der Waals surface area contributed by atoms with Gasteiger partial charge in [0.25, 0.3) is 0 Å². The molecule has 1 aliphatic heterocycles. The maximum atomic E-state index is 5.43. The van der Waals surface area contributed by atoms with Crippen molar-refractivity contribution < 1.29 is 0 Å².